The minimum Gasteiger partial charge on any atom is -0.376 e. The second-order valence-corrected chi connectivity index (χ2v) is 3.71. The summed E-state index contributed by atoms with van der Waals surface area (Å²) in [5.74, 6) is -0.0774. The van der Waals surface area contributed by atoms with Crippen molar-refractivity contribution < 1.29 is 4.79 Å². The molecule has 1 amide bonds. The van der Waals surface area contributed by atoms with Gasteiger partial charge in [-0.15, -0.1) is 17.0 Å². The van der Waals surface area contributed by atoms with Crippen molar-refractivity contribution >= 4 is 40.2 Å². The first-order chi connectivity index (χ1) is 5.37. The maximum absolute atomic E-state index is 11.5. The summed E-state index contributed by atoms with van der Waals surface area (Å²) in [4.78, 5) is 12.9. The average molecular weight is 269 g/mol. The maximum Gasteiger partial charge on any atom is 0.231 e. The van der Waals surface area contributed by atoms with Crippen LogP contribution in [-0.2, 0) is 4.79 Å². The zero-order valence-corrected chi connectivity index (χ0v) is 10.9. The summed E-state index contributed by atoms with van der Waals surface area (Å²) >= 11 is 4.77. The van der Waals surface area contributed by atoms with E-state index in [1.165, 1.54) is 4.90 Å². The lowest BCUT2D eigenvalue weighted by atomic mass is 10.1. The quantitative estimate of drug-likeness (QED) is 0.776. The van der Waals surface area contributed by atoms with Gasteiger partial charge in [0.2, 0.25) is 5.91 Å². The van der Waals surface area contributed by atoms with Gasteiger partial charge in [-0.05, 0) is 26.1 Å². The third-order valence-electron chi connectivity index (χ3n) is 1.49. The van der Waals surface area contributed by atoms with Gasteiger partial charge >= 0.3 is 0 Å². The van der Waals surface area contributed by atoms with Crippen LogP contribution >= 0.6 is 29.2 Å². The standard InChI is InChI=1S/C8H16N2OS.BrH/c1-5(2)7(11)10(6(3)4)8(9)12;/h5-6H,1-4H3,(H2,9,12);1H. The van der Waals surface area contributed by atoms with Crippen molar-refractivity contribution in [3.8, 4) is 0 Å². The van der Waals surface area contributed by atoms with E-state index in [4.69, 9.17) is 18.0 Å². The van der Waals surface area contributed by atoms with Crippen LogP contribution in [0.25, 0.3) is 0 Å². The first-order valence-electron chi connectivity index (χ1n) is 4.00. The van der Waals surface area contributed by atoms with Crippen molar-refractivity contribution in [2.24, 2.45) is 11.7 Å². The number of halogens is 1. The fourth-order valence-corrected chi connectivity index (χ4v) is 1.20. The summed E-state index contributed by atoms with van der Waals surface area (Å²) < 4.78 is 0. The lowest BCUT2D eigenvalue weighted by Crippen LogP contribution is -2.46. The summed E-state index contributed by atoms with van der Waals surface area (Å²) in [5.41, 5.74) is 5.41. The number of nitrogens with two attached hydrogens (primary N) is 1. The van der Waals surface area contributed by atoms with Crippen LogP contribution < -0.4 is 5.73 Å². The number of hydrogen-bond acceptors (Lipinski definition) is 2. The van der Waals surface area contributed by atoms with Gasteiger partial charge in [-0.3, -0.25) is 9.69 Å². The van der Waals surface area contributed by atoms with Crippen molar-refractivity contribution in [2.45, 2.75) is 33.7 Å². The van der Waals surface area contributed by atoms with Gasteiger partial charge in [0.1, 0.15) is 0 Å². The molecule has 0 bridgehead atoms. The van der Waals surface area contributed by atoms with Crippen molar-refractivity contribution in [2.75, 3.05) is 0 Å². The highest BCUT2D eigenvalue weighted by Gasteiger charge is 2.21. The number of rotatable bonds is 2. The third-order valence-corrected chi connectivity index (χ3v) is 1.68. The van der Waals surface area contributed by atoms with Crippen LogP contribution in [0.4, 0.5) is 0 Å². The Hall–Kier alpha value is -0.160. The van der Waals surface area contributed by atoms with E-state index in [2.05, 4.69) is 0 Å². The number of thiocarbonyl (C=S) groups is 1. The van der Waals surface area contributed by atoms with Crippen LogP contribution in [0.3, 0.4) is 0 Å². The molecule has 0 unspecified atom stereocenters. The van der Waals surface area contributed by atoms with Gasteiger partial charge in [-0.25, -0.2) is 0 Å². The average Bonchev–Trinajstić information content (AvgIpc) is 1.85. The fraction of sp³-hybridized carbons (Fsp3) is 0.750. The molecule has 78 valence electrons. The number of nitrogens with zero attached hydrogens (tertiary/aromatic N) is 1. The van der Waals surface area contributed by atoms with Crippen molar-refractivity contribution in [3.05, 3.63) is 0 Å². The zero-order chi connectivity index (χ0) is 9.89. The summed E-state index contributed by atoms with van der Waals surface area (Å²) in [7, 11) is 0. The molecule has 0 aromatic rings. The van der Waals surface area contributed by atoms with Crippen molar-refractivity contribution in [1.82, 2.24) is 4.90 Å². The second kappa shape index (κ2) is 6.32. The van der Waals surface area contributed by atoms with Crippen LogP contribution in [0.15, 0.2) is 0 Å². The van der Waals surface area contributed by atoms with E-state index in [1.807, 2.05) is 27.7 Å². The molecule has 0 saturated heterocycles. The molecule has 0 fully saturated rings. The molecule has 0 atom stereocenters. The Kier molecular flexibility index (Phi) is 7.44. The van der Waals surface area contributed by atoms with Gasteiger partial charge in [0.15, 0.2) is 5.11 Å². The molecule has 0 rings (SSSR count). The predicted octanol–water partition coefficient (Wildman–Crippen LogP) is 1.70. The SMILES string of the molecule is Br.CC(C)C(=O)N(C(N)=S)C(C)C. The van der Waals surface area contributed by atoms with Crippen LogP contribution in [0, 0.1) is 5.92 Å². The number of carbonyl (C=O) groups excluding carboxylic acids is 1. The highest BCUT2D eigenvalue weighted by molar-refractivity contribution is 8.93. The van der Waals surface area contributed by atoms with E-state index in [9.17, 15) is 4.79 Å². The molecule has 0 spiro atoms. The lowest BCUT2D eigenvalue weighted by molar-refractivity contribution is -0.131. The Morgan fingerprint density at radius 3 is 1.77 bits per heavy atom. The first kappa shape index (κ1) is 15.3. The van der Waals surface area contributed by atoms with E-state index >= 15 is 0 Å². The van der Waals surface area contributed by atoms with E-state index in [-0.39, 0.29) is 40.0 Å². The second-order valence-electron chi connectivity index (χ2n) is 3.29. The van der Waals surface area contributed by atoms with Crippen molar-refractivity contribution in [3.63, 3.8) is 0 Å². The fourth-order valence-electron chi connectivity index (χ4n) is 0.896. The van der Waals surface area contributed by atoms with Gasteiger partial charge in [0.05, 0.1) is 0 Å². The van der Waals surface area contributed by atoms with Gasteiger partial charge in [-0.2, -0.15) is 0 Å². The smallest absolute Gasteiger partial charge is 0.231 e. The van der Waals surface area contributed by atoms with Gasteiger partial charge < -0.3 is 5.73 Å². The molecule has 0 aliphatic carbocycles. The molecule has 13 heavy (non-hydrogen) atoms. The molecule has 0 aliphatic heterocycles. The van der Waals surface area contributed by atoms with E-state index in [1.54, 1.807) is 0 Å². The predicted molar refractivity (Wildman–Crippen MR) is 63.9 cm³/mol. The molecule has 5 heteroatoms. The Labute approximate surface area is 95.4 Å². The Morgan fingerprint density at radius 2 is 1.69 bits per heavy atom. The Bertz CT molecular complexity index is 195. The molecule has 0 aromatic carbocycles. The largest absolute Gasteiger partial charge is 0.376 e. The first-order valence-corrected chi connectivity index (χ1v) is 4.41. The summed E-state index contributed by atoms with van der Waals surface area (Å²) in [6.45, 7) is 7.44. The summed E-state index contributed by atoms with van der Waals surface area (Å²) in [6.07, 6.45) is 0. The van der Waals surface area contributed by atoms with Gasteiger partial charge in [0.25, 0.3) is 0 Å². The topological polar surface area (TPSA) is 46.3 Å². The van der Waals surface area contributed by atoms with Gasteiger partial charge in [-0.1, -0.05) is 13.8 Å². The maximum atomic E-state index is 11.5. The molecule has 0 saturated carbocycles. The lowest BCUT2D eigenvalue weighted by Gasteiger charge is -2.26. The summed E-state index contributed by atoms with van der Waals surface area (Å²) in [5, 5.41) is 0.156. The van der Waals surface area contributed by atoms with Crippen LogP contribution in [0.1, 0.15) is 27.7 Å². The van der Waals surface area contributed by atoms with E-state index < -0.39 is 0 Å². The molecule has 0 aliphatic rings. The minimum absolute atomic E-state index is 0. The van der Waals surface area contributed by atoms with E-state index in [0.29, 0.717) is 0 Å². The molecule has 0 heterocycles. The van der Waals surface area contributed by atoms with Crippen LogP contribution in [0.2, 0.25) is 0 Å². The monoisotopic (exact) mass is 268 g/mol. The van der Waals surface area contributed by atoms with Gasteiger partial charge in [0, 0.05) is 12.0 Å². The number of carbonyl (C=O) groups is 1. The van der Waals surface area contributed by atoms with Crippen LogP contribution in [0.5, 0.6) is 0 Å². The van der Waals surface area contributed by atoms with Crippen LogP contribution in [-0.4, -0.2) is 22.0 Å². The third kappa shape index (κ3) is 4.57. The molecule has 0 radical (unpaired) electrons. The Balaban J connectivity index is 0. The Morgan fingerprint density at radius 1 is 1.31 bits per heavy atom. The molecule has 2 N–H and O–H groups in total. The summed E-state index contributed by atoms with van der Waals surface area (Å²) in [6, 6.07) is 0.0393. The zero-order valence-electron chi connectivity index (χ0n) is 8.40. The molecule has 3 nitrogen and oxygen atoms in total. The molecule has 0 aromatic heterocycles. The minimum atomic E-state index is -0.0612. The van der Waals surface area contributed by atoms with E-state index in [0.717, 1.165) is 0 Å². The van der Waals surface area contributed by atoms with Crippen molar-refractivity contribution in [1.29, 1.82) is 0 Å². The number of amides is 1. The molecular weight excluding hydrogens is 252 g/mol. The normalized spacial score (nSPS) is 9.69. The molecular formula is C8H17BrN2OS. The highest BCUT2D eigenvalue weighted by atomic mass is 79.9. The number of hydrogen-bond donors (Lipinski definition) is 1. The highest BCUT2D eigenvalue weighted by Crippen LogP contribution is 2.05.